The molecule has 0 aliphatic heterocycles. The molecular formula is C18H26N2. The molecule has 2 heteroatoms. The maximum Gasteiger partial charge on any atom is 0.0705 e. The van der Waals surface area contributed by atoms with Crippen molar-refractivity contribution < 1.29 is 0 Å². The van der Waals surface area contributed by atoms with Gasteiger partial charge >= 0.3 is 0 Å². The van der Waals surface area contributed by atoms with Crippen molar-refractivity contribution in [3.8, 4) is 0 Å². The molecule has 1 heterocycles. The lowest BCUT2D eigenvalue weighted by molar-refractivity contribution is 0.332. The Labute approximate surface area is 122 Å². The zero-order valence-electron chi connectivity index (χ0n) is 12.9. The number of benzene rings is 1. The van der Waals surface area contributed by atoms with Crippen molar-refractivity contribution in [1.29, 1.82) is 0 Å². The van der Waals surface area contributed by atoms with Crippen molar-refractivity contribution in [2.45, 2.75) is 45.6 Å². The van der Waals surface area contributed by atoms with Gasteiger partial charge in [-0.3, -0.25) is 4.98 Å². The molecule has 1 aromatic carbocycles. The van der Waals surface area contributed by atoms with Gasteiger partial charge in [0.15, 0.2) is 0 Å². The highest BCUT2D eigenvalue weighted by Crippen LogP contribution is 2.33. The molecule has 0 radical (unpaired) electrons. The third kappa shape index (κ3) is 3.18. The van der Waals surface area contributed by atoms with Gasteiger partial charge in [0.1, 0.15) is 0 Å². The Hall–Kier alpha value is -1.41. The fraction of sp³-hybridized carbons (Fsp3) is 0.500. The normalized spacial score (nSPS) is 13.0. The van der Waals surface area contributed by atoms with Crippen LogP contribution in [0.1, 0.15) is 51.1 Å². The van der Waals surface area contributed by atoms with Gasteiger partial charge in [0.25, 0.3) is 0 Å². The van der Waals surface area contributed by atoms with Crippen LogP contribution in [0.3, 0.4) is 0 Å². The van der Waals surface area contributed by atoms with Gasteiger partial charge in [0.2, 0.25) is 0 Å². The second-order valence-corrected chi connectivity index (χ2v) is 5.52. The van der Waals surface area contributed by atoms with Crippen LogP contribution in [0.15, 0.2) is 36.5 Å². The number of fused-ring (bicyclic) bond motifs is 1. The van der Waals surface area contributed by atoms with Crippen LogP contribution in [0.2, 0.25) is 0 Å². The summed E-state index contributed by atoms with van der Waals surface area (Å²) in [4.78, 5) is 4.48. The standard InChI is InChI=1S/C18H26N2/c1-4-8-14(9-5-2)18(19-3)16-10-6-12-17-15(16)11-7-13-20-17/h6-7,10-14,18-19H,4-5,8-9H2,1-3H3. The zero-order chi connectivity index (χ0) is 14.4. The van der Waals surface area contributed by atoms with Crippen molar-refractivity contribution in [1.82, 2.24) is 10.3 Å². The van der Waals surface area contributed by atoms with Gasteiger partial charge in [-0.25, -0.2) is 0 Å². The van der Waals surface area contributed by atoms with Crippen molar-refractivity contribution in [2.24, 2.45) is 5.92 Å². The van der Waals surface area contributed by atoms with Crippen LogP contribution in [0.4, 0.5) is 0 Å². The molecule has 20 heavy (non-hydrogen) atoms. The Kier molecular flexibility index (Phi) is 5.54. The smallest absolute Gasteiger partial charge is 0.0705 e. The SMILES string of the molecule is CCCC(CCC)C(NC)c1cccc2ncccc12. The maximum atomic E-state index is 4.48. The minimum absolute atomic E-state index is 0.419. The summed E-state index contributed by atoms with van der Waals surface area (Å²) in [6.45, 7) is 4.56. The summed E-state index contributed by atoms with van der Waals surface area (Å²) in [5.74, 6) is 0.695. The topological polar surface area (TPSA) is 24.9 Å². The van der Waals surface area contributed by atoms with E-state index >= 15 is 0 Å². The number of hydrogen-bond acceptors (Lipinski definition) is 2. The first-order valence-corrected chi connectivity index (χ1v) is 7.82. The van der Waals surface area contributed by atoms with Crippen molar-refractivity contribution in [2.75, 3.05) is 7.05 Å². The van der Waals surface area contributed by atoms with E-state index in [0.29, 0.717) is 12.0 Å². The molecule has 108 valence electrons. The van der Waals surface area contributed by atoms with E-state index in [2.05, 4.69) is 55.5 Å². The Morgan fingerprint density at radius 2 is 1.80 bits per heavy atom. The van der Waals surface area contributed by atoms with E-state index in [0.717, 1.165) is 5.52 Å². The predicted octanol–water partition coefficient (Wildman–Crippen LogP) is 4.71. The van der Waals surface area contributed by atoms with Gasteiger partial charge < -0.3 is 5.32 Å². The third-order valence-electron chi connectivity index (χ3n) is 4.12. The number of aromatic nitrogens is 1. The number of pyridine rings is 1. The number of nitrogens with zero attached hydrogens (tertiary/aromatic N) is 1. The minimum atomic E-state index is 0.419. The number of nitrogens with one attached hydrogen (secondary N) is 1. The van der Waals surface area contributed by atoms with E-state index in [1.165, 1.54) is 36.6 Å². The first-order chi connectivity index (χ1) is 9.81. The summed E-state index contributed by atoms with van der Waals surface area (Å²) in [5.41, 5.74) is 2.49. The molecule has 1 N–H and O–H groups in total. The zero-order valence-corrected chi connectivity index (χ0v) is 12.9. The third-order valence-corrected chi connectivity index (χ3v) is 4.12. The lowest BCUT2D eigenvalue weighted by atomic mass is 9.85. The van der Waals surface area contributed by atoms with E-state index < -0.39 is 0 Å². The Morgan fingerprint density at radius 1 is 1.05 bits per heavy atom. The molecular weight excluding hydrogens is 244 g/mol. The van der Waals surface area contributed by atoms with Crippen LogP contribution in [0.5, 0.6) is 0 Å². The van der Waals surface area contributed by atoms with Gasteiger partial charge in [-0.15, -0.1) is 0 Å². The van der Waals surface area contributed by atoms with Crippen molar-refractivity contribution in [3.05, 3.63) is 42.1 Å². The number of rotatable bonds is 7. The van der Waals surface area contributed by atoms with Gasteiger partial charge in [-0.1, -0.05) is 44.9 Å². The minimum Gasteiger partial charge on any atom is -0.313 e. The highest BCUT2D eigenvalue weighted by atomic mass is 14.9. The molecule has 2 rings (SSSR count). The lowest BCUT2D eigenvalue weighted by Crippen LogP contribution is -2.25. The molecule has 0 aliphatic rings. The first-order valence-electron chi connectivity index (χ1n) is 7.82. The Balaban J connectivity index is 2.42. The molecule has 2 aromatic rings. The summed E-state index contributed by atoms with van der Waals surface area (Å²) in [6, 6.07) is 11.1. The van der Waals surface area contributed by atoms with Gasteiger partial charge in [0, 0.05) is 17.6 Å². The second-order valence-electron chi connectivity index (χ2n) is 5.52. The van der Waals surface area contributed by atoms with Crippen LogP contribution in [-0.4, -0.2) is 12.0 Å². The molecule has 0 amide bonds. The molecule has 0 bridgehead atoms. The quantitative estimate of drug-likeness (QED) is 0.788. The lowest BCUT2D eigenvalue weighted by Gasteiger charge is -2.28. The summed E-state index contributed by atoms with van der Waals surface area (Å²) in [5, 5.41) is 4.84. The van der Waals surface area contributed by atoms with Crippen LogP contribution in [-0.2, 0) is 0 Å². The maximum absolute atomic E-state index is 4.48. The van der Waals surface area contributed by atoms with Crippen molar-refractivity contribution >= 4 is 10.9 Å². The van der Waals surface area contributed by atoms with E-state index in [4.69, 9.17) is 0 Å². The second kappa shape index (κ2) is 7.39. The largest absolute Gasteiger partial charge is 0.313 e. The molecule has 0 saturated heterocycles. The molecule has 0 saturated carbocycles. The van der Waals surface area contributed by atoms with E-state index in [9.17, 15) is 0 Å². The molecule has 1 unspecified atom stereocenters. The van der Waals surface area contributed by atoms with E-state index in [-0.39, 0.29) is 0 Å². The van der Waals surface area contributed by atoms with Crippen LogP contribution in [0.25, 0.3) is 10.9 Å². The molecule has 0 aliphatic carbocycles. The number of hydrogen-bond donors (Lipinski definition) is 1. The van der Waals surface area contributed by atoms with Crippen LogP contribution < -0.4 is 5.32 Å². The highest BCUT2D eigenvalue weighted by Gasteiger charge is 2.22. The van der Waals surface area contributed by atoms with Crippen LogP contribution in [0, 0.1) is 5.92 Å². The van der Waals surface area contributed by atoms with E-state index in [1.807, 2.05) is 12.3 Å². The molecule has 0 spiro atoms. The van der Waals surface area contributed by atoms with Gasteiger partial charge in [-0.2, -0.15) is 0 Å². The first kappa shape index (κ1) is 15.0. The van der Waals surface area contributed by atoms with Gasteiger partial charge in [-0.05, 0) is 43.5 Å². The Morgan fingerprint density at radius 3 is 2.45 bits per heavy atom. The fourth-order valence-electron chi connectivity index (χ4n) is 3.26. The molecule has 0 fully saturated rings. The van der Waals surface area contributed by atoms with Gasteiger partial charge in [0.05, 0.1) is 5.52 Å². The summed E-state index contributed by atoms with van der Waals surface area (Å²) >= 11 is 0. The van der Waals surface area contributed by atoms with Crippen LogP contribution >= 0.6 is 0 Å². The summed E-state index contributed by atoms with van der Waals surface area (Å²) < 4.78 is 0. The van der Waals surface area contributed by atoms with E-state index in [1.54, 1.807) is 0 Å². The fourth-order valence-corrected chi connectivity index (χ4v) is 3.26. The monoisotopic (exact) mass is 270 g/mol. The summed E-state index contributed by atoms with van der Waals surface area (Å²) in [6.07, 6.45) is 6.90. The Bertz CT molecular complexity index is 524. The molecule has 1 aromatic heterocycles. The summed E-state index contributed by atoms with van der Waals surface area (Å²) in [7, 11) is 2.08. The average Bonchev–Trinajstić information content (AvgIpc) is 2.49. The van der Waals surface area contributed by atoms with Crippen molar-refractivity contribution in [3.63, 3.8) is 0 Å². The molecule has 2 nitrogen and oxygen atoms in total. The highest BCUT2D eigenvalue weighted by molar-refractivity contribution is 5.82. The predicted molar refractivity (Wildman–Crippen MR) is 86.8 cm³/mol. The average molecular weight is 270 g/mol. The molecule has 1 atom stereocenters.